The minimum Gasteiger partial charge on any atom is -0.353 e. The molecule has 0 spiro atoms. The number of aliphatic imine (C=N–C) groups is 1. The van der Waals surface area contributed by atoms with Gasteiger partial charge in [-0.1, -0.05) is 18.2 Å². The van der Waals surface area contributed by atoms with Gasteiger partial charge in [-0.05, 0) is 44.7 Å². The van der Waals surface area contributed by atoms with Crippen molar-refractivity contribution >= 4 is 29.9 Å². The summed E-state index contributed by atoms with van der Waals surface area (Å²) in [6.07, 6.45) is 2.99. The van der Waals surface area contributed by atoms with E-state index in [9.17, 15) is 4.39 Å². The SMILES string of the molecule is CCN=C(NC1CCCn2nc(C)nc21)NC1CC1c1ccccc1F.I. The third-order valence-electron chi connectivity index (χ3n) is 5.03. The Morgan fingerprint density at radius 1 is 1.33 bits per heavy atom. The number of benzene rings is 1. The maximum Gasteiger partial charge on any atom is 0.192 e. The van der Waals surface area contributed by atoms with E-state index in [2.05, 4.69) is 25.7 Å². The van der Waals surface area contributed by atoms with Crippen LogP contribution in [0.4, 0.5) is 4.39 Å². The second kappa shape index (κ2) is 8.53. The first-order valence-electron chi connectivity index (χ1n) is 9.39. The van der Waals surface area contributed by atoms with E-state index in [1.165, 1.54) is 6.07 Å². The molecule has 2 aliphatic rings. The van der Waals surface area contributed by atoms with Crippen LogP contribution >= 0.6 is 24.0 Å². The van der Waals surface area contributed by atoms with Crippen molar-refractivity contribution in [3.05, 3.63) is 47.3 Å². The highest BCUT2D eigenvalue weighted by atomic mass is 127. The van der Waals surface area contributed by atoms with Crippen LogP contribution in [0.3, 0.4) is 0 Å². The van der Waals surface area contributed by atoms with E-state index in [0.717, 1.165) is 49.0 Å². The average Bonchev–Trinajstić information content (AvgIpc) is 3.25. The quantitative estimate of drug-likeness (QED) is 0.397. The number of guanidine groups is 1. The predicted octanol–water partition coefficient (Wildman–Crippen LogP) is 3.29. The van der Waals surface area contributed by atoms with E-state index in [1.807, 2.05) is 30.7 Å². The van der Waals surface area contributed by atoms with E-state index < -0.39 is 0 Å². The Morgan fingerprint density at radius 2 is 2.15 bits per heavy atom. The fraction of sp³-hybridized carbons (Fsp3) is 0.526. The predicted molar refractivity (Wildman–Crippen MR) is 114 cm³/mol. The van der Waals surface area contributed by atoms with Gasteiger partial charge in [0.05, 0.1) is 6.04 Å². The average molecular weight is 484 g/mol. The van der Waals surface area contributed by atoms with Crippen molar-refractivity contribution < 1.29 is 4.39 Å². The van der Waals surface area contributed by atoms with Crippen molar-refractivity contribution in [2.24, 2.45) is 4.99 Å². The lowest BCUT2D eigenvalue weighted by Gasteiger charge is -2.25. The molecule has 1 aliphatic heterocycles. The Bertz CT molecular complexity index is 820. The zero-order valence-corrected chi connectivity index (χ0v) is 18.0. The van der Waals surface area contributed by atoms with Gasteiger partial charge in [-0.25, -0.2) is 14.1 Å². The summed E-state index contributed by atoms with van der Waals surface area (Å²) >= 11 is 0. The lowest BCUT2D eigenvalue weighted by Crippen LogP contribution is -2.43. The molecule has 27 heavy (non-hydrogen) atoms. The summed E-state index contributed by atoms with van der Waals surface area (Å²) in [5.74, 6) is 2.63. The van der Waals surface area contributed by atoms with Gasteiger partial charge in [-0.3, -0.25) is 4.99 Å². The van der Waals surface area contributed by atoms with Crippen LogP contribution in [-0.2, 0) is 6.54 Å². The van der Waals surface area contributed by atoms with Crippen LogP contribution in [0, 0.1) is 12.7 Å². The molecule has 8 heteroatoms. The van der Waals surface area contributed by atoms with Gasteiger partial charge in [-0.2, -0.15) is 5.10 Å². The van der Waals surface area contributed by atoms with E-state index in [1.54, 1.807) is 6.07 Å². The molecular formula is C19H26FIN6. The first kappa shape index (κ1) is 20.0. The number of hydrogen-bond donors (Lipinski definition) is 2. The maximum atomic E-state index is 14.0. The van der Waals surface area contributed by atoms with Gasteiger partial charge >= 0.3 is 0 Å². The highest BCUT2D eigenvalue weighted by molar-refractivity contribution is 14.0. The lowest BCUT2D eigenvalue weighted by atomic mass is 10.1. The van der Waals surface area contributed by atoms with Crippen LogP contribution in [0.1, 0.15) is 55.4 Å². The molecule has 2 aromatic rings. The highest BCUT2D eigenvalue weighted by Gasteiger charge is 2.41. The third kappa shape index (κ3) is 4.41. The van der Waals surface area contributed by atoms with Crippen molar-refractivity contribution in [1.29, 1.82) is 0 Å². The second-order valence-electron chi connectivity index (χ2n) is 7.02. The number of halogens is 2. The first-order chi connectivity index (χ1) is 12.7. The topological polar surface area (TPSA) is 67.1 Å². The number of nitrogens with one attached hydrogen (secondary N) is 2. The van der Waals surface area contributed by atoms with Crippen molar-refractivity contribution in [3.8, 4) is 0 Å². The third-order valence-corrected chi connectivity index (χ3v) is 5.03. The monoisotopic (exact) mass is 484 g/mol. The number of aryl methyl sites for hydroxylation is 2. The van der Waals surface area contributed by atoms with Crippen LogP contribution in [0.2, 0.25) is 0 Å². The summed E-state index contributed by atoms with van der Waals surface area (Å²) in [5, 5.41) is 11.4. The molecule has 0 saturated heterocycles. The smallest absolute Gasteiger partial charge is 0.192 e. The van der Waals surface area contributed by atoms with Crippen LogP contribution < -0.4 is 10.6 Å². The second-order valence-corrected chi connectivity index (χ2v) is 7.02. The standard InChI is InChI=1S/C19H25FN6.HI/c1-3-21-19(23-16-9-6-10-26-18(16)22-12(2)25-26)24-17-11-14(17)13-7-4-5-8-15(13)20;/h4-5,7-8,14,16-17H,3,6,9-11H2,1-2H3,(H2,21,23,24);1H. The molecule has 1 aromatic heterocycles. The van der Waals surface area contributed by atoms with E-state index >= 15 is 0 Å². The van der Waals surface area contributed by atoms with Crippen LogP contribution in [0.15, 0.2) is 29.3 Å². The zero-order chi connectivity index (χ0) is 18.1. The molecule has 1 fully saturated rings. The Labute approximate surface area is 176 Å². The van der Waals surface area contributed by atoms with Gasteiger partial charge in [0.15, 0.2) is 5.96 Å². The number of hydrogen-bond acceptors (Lipinski definition) is 3. The minimum atomic E-state index is -0.125. The molecular weight excluding hydrogens is 458 g/mol. The summed E-state index contributed by atoms with van der Waals surface area (Å²) < 4.78 is 16.0. The van der Waals surface area contributed by atoms with Gasteiger partial charge in [0.2, 0.25) is 0 Å². The first-order valence-corrected chi connectivity index (χ1v) is 9.39. The zero-order valence-electron chi connectivity index (χ0n) is 15.7. The summed E-state index contributed by atoms with van der Waals surface area (Å²) in [5.41, 5.74) is 0.786. The molecule has 146 valence electrons. The Hall–Kier alpha value is -1.71. The normalized spacial score (nSPS) is 24.0. The van der Waals surface area contributed by atoms with Gasteiger partial charge in [-0.15, -0.1) is 24.0 Å². The van der Waals surface area contributed by atoms with Gasteiger partial charge in [0, 0.05) is 25.0 Å². The molecule has 0 bridgehead atoms. The molecule has 0 amide bonds. The molecule has 1 aromatic carbocycles. The van der Waals surface area contributed by atoms with Crippen LogP contribution in [0.25, 0.3) is 0 Å². The molecule has 3 atom stereocenters. The molecule has 3 unspecified atom stereocenters. The fourth-order valence-electron chi connectivity index (χ4n) is 3.71. The maximum absolute atomic E-state index is 14.0. The lowest BCUT2D eigenvalue weighted by molar-refractivity contribution is 0.397. The number of rotatable bonds is 4. The van der Waals surface area contributed by atoms with Crippen molar-refractivity contribution in [3.63, 3.8) is 0 Å². The van der Waals surface area contributed by atoms with Crippen LogP contribution in [-0.4, -0.2) is 33.3 Å². The van der Waals surface area contributed by atoms with Crippen molar-refractivity contribution in [1.82, 2.24) is 25.4 Å². The number of nitrogens with zero attached hydrogens (tertiary/aromatic N) is 4. The summed E-state index contributed by atoms with van der Waals surface area (Å²) in [6.45, 7) is 5.54. The number of aromatic nitrogens is 3. The molecule has 2 heterocycles. The molecule has 6 nitrogen and oxygen atoms in total. The Kier molecular flexibility index (Phi) is 6.33. The molecule has 2 N–H and O–H groups in total. The summed E-state index contributed by atoms with van der Waals surface area (Å²) in [6, 6.07) is 7.35. The Balaban J connectivity index is 0.00000210. The van der Waals surface area contributed by atoms with Crippen molar-refractivity contribution in [2.45, 2.75) is 57.7 Å². The van der Waals surface area contributed by atoms with E-state index in [0.29, 0.717) is 6.54 Å². The molecule has 0 radical (unpaired) electrons. The van der Waals surface area contributed by atoms with Gasteiger partial charge in [0.25, 0.3) is 0 Å². The minimum absolute atomic E-state index is 0. The molecule has 4 rings (SSSR count). The summed E-state index contributed by atoms with van der Waals surface area (Å²) in [4.78, 5) is 9.14. The van der Waals surface area contributed by atoms with Gasteiger partial charge < -0.3 is 10.6 Å². The molecule has 1 saturated carbocycles. The summed E-state index contributed by atoms with van der Waals surface area (Å²) in [7, 11) is 0. The fourth-order valence-corrected chi connectivity index (χ4v) is 3.71. The van der Waals surface area contributed by atoms with E-state index in [4.69, 9.17) is 0 Å². The van der Waals surface area contributed by atoms with E-state index in [-0.39, 0.29) is 47.8 Å². The number of fused-ring (bicyclic) bond motifs is 1. The van der Waals surface area contributed by atoms with Gasteiger partial charge in [0.1, 0.15) is 17.5 Å². The van der Waals surface area contributed by atoms with Crippen LogP contribution in [0.5, 0.6) is 0 Å². The molecule has 1 aliphatic carbocycles. The Morgan fingerprint density at radius 3 is 2.93 bits per heavy atom. The van der Waals surface area contributed by atoms with Crippen molar-refractivity contribution in [2.75, 3.05) is 6.54 Å². The highest BCUT2D eigenvalue weighted by Crippen LogP contribution is 2.41. The largest absolute Gasteiger partial charge is 0.353 e.